The molecule has 1 amide bonds. The normalized spacial score (nSPS) is 25.0. The molecule has 1 saturated heterocycles. The molecule has 3 N–H and O–H groups in total. The molecule has 140 valence electrons. The predicted molar refractivity (Wildman–Crippen MR) is 100 cm³/mol. The third-order valence-electron chi connectivity index (χ3n) is 5.63. The van der Waals surface area contributed by atoms with Gasteiger partial charge in [-0.25, -0.2) is 0 Å². The summed E-state index contributed by atoms with van der Waals surface area (Å²) >= 11 is 0. The lowest BCUT2D eigenvalue weighted by Crippen LogP contribution is -2.54. The Bertz CT molecular complexity index is 808. The van der Waals surface area contributed by atoms with Crippen molar-refractivity contribution in [3.8, 4) is 5.75 Å². The number of rotatable bonds is 3. The maximum Gasteiger partial charge on any atom is 0.236 e. The van der Waals surface area contributed by atoms with Gasteiger partial charge in [-0.1, -0.05) is 6.07 Å². The fourth-order valence-electron chi connectivity index (χ4n) is 4.05. The van der Waals surface area contributed by atoms with Crippen LogP contribution in [-0.2, 0) is 4.79 Å². The molecule has 26 heavy (non-hydrogen) atoms. The van der Waals surface area contributed by atoms with Gasteiger partial charge in [0, 0.05) is 35.8 Å². The molecule has 6 heteroatoms. The number of likely N-dealkylation sites (tertiary alicyclic amines) is 1. The molecular formula is C20H27N3O3. The second kappa shape index (κ2) is 6.59. The van der Waals surface area contributed by atoms with E-state index in [-0.39, 0.29) is 18.5 Å². The van der Waals surface area contributed by atoms with Crippen molar-refractivity contribution in [3.05, 3.63) is 30.0 Å². The lowest BCUT2D eigenvalue weighted by molar-refractivity contribution is -0.132. The molecule has 2 aliphatic rings. The number of aliphatic hydroxyl groups excluding tert-OH is 1. The number of nitrogens with one attached hydrogen (secondary N) is 2. The molecule has 3 heterocycles. The summed E-state index contributed by atoms with van der Waals surface area (Å²) < 4.78 is 6.15. The van der Waals surface area contributed by atoms with Crippen LogP contribution in [0.4, 0.5) is 0 Å². The van der Waals surface area contributed by atoms with Gasteiger partial charge < -0.3 is 19.7 Å². The van der Waals surface area contributed by atoms with Crippen LogP contribution >= 0.6 is 0 Å². The van der Waals surface area contributed by atoms with Gasteiger partial charge in [0.15, 0.2) is 0 Å². The molecule has 0 spiro atoms. The van der Waals surface area contributed by atoms with Gasteiger partial charge >= 0.3 is 0 Å². The number of aliphatic hydroxyl groups is 1. The van der Waals surface area contributed by atoms with Gasteiger partial charge in [0.05, 0.1) is 12.6 Å². The number of nitrogens with zero attached hydrogens (tertiary/aromatic N) is 1. The number of hydrogen-bond acceptors (Lipinski definition) is 4. The fourth-order valence-corrected chi connectivity index (χ4v) is 4.05. The number of benzene rings is 1. The van der Waals surface area contributed by atoms with Crippen molar-refractivity contribution in [1.29, 1.82) is 0 Å². The first-order chi connectivity index (χ1) is 12.5. The maximum absolute atomic E-state index is 12.5. The van der Waals surface area contributed by atoms with Crippen molar-refractivity contribution in [1.82, 2.24) is 15.2 Å². The van der Waals surface area contributed by atoms with E-state index in [1.54, 1.807) is 0 Å². The summed E-state index contributed by atoms with van der Waals surface area (Å²) in [6.07, 6.45) is 4.49. The highest BCUT2D eigenvalue weighted by atomic mass is 16.5. The van der Waals surface area contributed by atoms with Crippen LogP contribution < -0.4 is 10.1 Å². The summed E-state index contributed by atoms with van der Waals surface area (Å²) in [7, 11) is 0. The first-order valence-corrected chi connectivity index (χ1v) is 9.45. The molecule has 2 unspecified atom stereocenters. The van der Waals surface area contributed by atoms with E-state index in [1.165, 1.54) is 6.42 Å². The number of carbonyl (C=O) groups is 1. The average Bonchev–Trinajstić information content (AvgIpc) is 3.12. The minimum Gasteiger partial charge on any atom is -0.484 e. The Morgan fingerprint density at radius 2 is 2.08 bits per heavy atom. The van der Waals surface area contributed by atoms with Crippen LogP contribution in [-0.4, -0.2) is 52.2 Å². The third kappa shape index (κ3) is 2.97. The molecule has 0 saturated carbocycles. The second-order valence-electron chi connectivity index (χ2n) is 7.87. The number of hydrogen-bond donors (Lipinski definition) is 3. The monoisotopic (exact) mass is 357 g/mol. The second-order valence-corrected chi connectivity index (χ2v) is 7.87. The number of H-pyrrole nitrogens is 1. The highest BCUT2D eigenvalue weighted by Crippen LogP contribution is 2.43. The summed E-state index contributed by atoms with van der Waals surface area (Å²) in [5.74, 6) is 0.882. The van der Waals surface area contributed by atoms with Crippen LogP contribution in [0.25, 0.3) is 10.9 Å². The molecule has 1 aromatic heterocycles. The quantitative estimate of drug-likeness (QED) is 0.788. The molecule has 6 nitrogen and oxygen atoms in total. The molecule has 1 aromatic carbocycles. The molecule has 0 bridgehead atoms. The van der Waals surface area contributed by atoms with Crippen LogP contribution in [0.15, 0.2) is 24.4 Å². The summed E-state index contributed by atoms with van der Waals surface area (Å²) in [5.41, 5.74) is 1.15. The Hall–Kier alpha value is -2.05. The molecule has 1 fully saturated rings. The molecular weight excluding hydrogens is 330 g/mol. The SMILES string of the molecule is CC1(C)Oc2c(ccc3[nH]ccc23)C(NCC(=O)N2CCCCC2)C1O. The number of piperidine rings is 1. The third-order valence-corrected chi connectivity index (χ3v) is 5.63. The zero-order chi connectivity index (χ0) is 18.3. The Morgan fingerprint density at radius 1 is 1.31 bits per heavy atom. The number of ether oxygens (including phenoxy) is 1. The number of amides is 1. The van der Waals surface area contributed by atoms with Crippen LogP contribution in [0.5, 0.6) is 5.75 Å². The van der Waals surface area contributed by atoms with Crippen molar-refractivity contribution < 1.29 is 14.6 Å². The van der Waals surface area contributed by atoms with Gasteiger partial charge in [-0.15, -0.1) is 0 Å². The zero-order valence-electron chi connectivity index (χ0n) is 15.4. The van der Waals surface area contributed by atoms with Gasteiger partial charge in [0.25, 0.3) is 0 Å². The van der Waals surface area contributed by atoms with Gasteiger partial charge in [-0.3, -0.25) is 10.1 Å². The van der Waals surface area contributed by atoms with E-state index in [0.717, 1.165) is 48.1 Å². The topological polar surface area (TPSA) is 77.6 Å². The number of aromatic nitrogens is 1. The number of carbonyl (C=O) groups excluding carboxylic acids is 1. The minimum absolute atomic E-state index is 0.102. The predicted octanol–water partition coefficient (Wildman–Crippen LogP) is 2.34. The van der Waals surface area contributed by atoms with Crippen LogP contribution in [0.3, 0.4) is 0 Å². The Morgan fingerprint density at radius 3 is 2.85 bits per heavy atom. The first-order valence-electron chi connectivity index (χ1n) is 9.45. The van der Waals surface area contributed by atoms with Gasteiger partial charge in [-0.05, 0) is 45.2 Å². The Balaban J connectivity index is 1.59. The Kier molecular flexibility index (Phi) is 4.40. The molecule has 2 aromatic rings. The summed E-state index contributed by atoms with van der Waals surface area (Å²) in [4.78, 5) is 17.7. The number of fused-ring (bicyclic) bond motifs is 3. The lowest BCUT2D eigenvalue weighted by Gasteiger charge is -2.42. The molecule has 0 aliphatic carbocycles. The Labute approximate surface area is 153 Å². The van der Waals surface area contributed by atoms with Crippen LogP contribution in [0, 0.1) is 0 Å². The fraction of sp³-hybridized carbons (Fsp3) is 0.550. The van der Waals surface area contributed by atoms with Gasteiger partial charge in [0.1, 0.15) is 17.5 Å². The zero-order valence-corrected chi connectivity index (χ0v) is 15.4. The van der Waals surface area contributed by atoms with E-state index in [9.17, 15) is 9.90 Å². The maximum atomic E-state index is 12.5. The molecule has 0 radical (unpaired) electrons. The highest BCUT2D eigenvalue weighted by molar-refractivity contribution is 5.88. The van der Waals surface area contributed by atoms with E-state index >= 15 is 0 Å². The lowest BCUT2D eigenvalue weighted by atomic mass is 9.86. The minimum atomic E-state index is -0.749. The standard InChI is InChI=1S/C20H27N3O3/c1-20(2)19(25)17(22-12-16(24)23-10-4-3-5-11-23)14-6-7-15-13(8-9-21-15)18(14)26-20/h6-9,17,19,21-22,25H,3-5,10-12H2,1-2H3. The van der Waals surface area contributed by atoms with Crippen molar-refractivity contribution in [2.45, 2.75) is 50.9 Å². The van der Waals surface area contributed by atoms with Crippen molar-refractivity contribution >= 4 is 16.8 Å². The molecule has 4 rings (SSSR count). The van der Waals surface area contributed by atoms with E-state index in [4.69, 9.17) is 4.74 Å². The van der Waals surface area contributed by atoms with Gasteiger partial charge in [0.2, 0.25) is 5.91 Å². The van der Waals surface area contributed by atoms with Crippen molar-refractivity contribution in [3.63, 3.8) is 0 Å². The summed E-state index contributed by atoms with van der Waals surface area (Å²) in [6, 6.07) is 5.60. The highest BCUT2D eigenvalue weighted by Gasteiger charge is 2.43. The molecule has 2 aliphatic heterocycles. The average molecular weight is 357 g/mol. The van der Waals surface area contributed by atoms with Crippen LogP contribution in [0.2, 0.25) is 0 Å². The largest absolute Gasteiger partial charge is 0.484 e. The number of aromatic amines is 1. The molecule has 2 atom stereocenters. The summed E-state index contributed by atoms with van der Waals surface area (Å²) in [6.45, 7) is 5.66. The summed E-state index contributed by atoms with van der Waals surface area (Å²) in [5, 5.41) is 15.2. The van der Waals surface area contributed by atoms with E-state index < -0.39 is 11.7 Å². The van der Waals surface area contributed by atoms with E-state index in [1.807, 2.05) is 43.1 Å². The van der Waals surface area contributed by atoms with E-state index in [2.05, 4.69) is 10.3 Å². The smallest absolute Gasteiger partial charge is 0.236 e. The van der Waals surface area contributed by atoms with E-state index in [0.29, 0.717) is 0 Å². The van der Waals surface area contributed by atoms with Crippen molar-refractivity contribution in [2.24, 2.45) is 0 Å². The van der Waals surface area contributed by atoms with Crippen molar-refractivity contribution in [2.75, 3.05) is 19.6 Å². The van der Waals surface area contributed by atoms with Gasteiger partial charge in [-0.2, -0.15) is 0 Å². The first kappa shape index (κ1) is 17.4. The van der Waals surface area contributed by atoms with Crippen LogP contribution in [0.1, 0.15) is 44.7 Å².